The minimum absolute atomic E-state index is 0.0317. The molecule has 4 nitrogen and oxygen atoms in total. The van der Waals surface area contributed by atoms with E-state index in [2.05, 4.69) is 10.6 Å². The Morgan fingerprint density at radius 1 is 1.22 bits per heavy atom. The average Bonchev–Trinajstić information content (AvgIpc) is 2.33. The summed E-state index contributed by atoms with van der Waals surface area (Å²) in [6.07, 6.45) is 0.996. The third kappa shape index (κ3) is 3.66. The molecular weight excluding hydrogens is 242 g/mol. The molecule has 0 saturated carbocycles. The molecule has 0 bridgehead atoms. The number of carbonyl (C=O) groups is 1. The van der Waals surface area contributed by atoms with Crippen molar-refractivity contribution in [3.05, 3.63) is 29.3 Å². The van der Waals surface area contributed by atoms with E-state index in [-0.39, 0.29) is 5.69 Å². The van der Waals surface area contributed by atoms with Gasteiger partial charge in [-0.3, -0.25) is 0 Å². The number of hydrogen-bond donors (Lipinski definition) is 3. The molecule has 1 aromatic rings. The smallest absolute Gasteiger partial charge is 0.338 e. The van der Waals surface area contributed by atoms with Gasteiger partial charge in [0.1, 0.15) is 0 Å². The minimum atomic E-state index is -1.48. The fraction of sp³-hybridized carbons (Fsp3) is 0.417. The van der Waals surface area contributed by atoms with Crippen LogP contribution in [0.4, 0.5) is 14.5 Å². The van der Waals surface area contributed by atoms with E-state index in [1.807, 2.05) is 6.92 Å². The van der Waals surface area contributed by atoms with Gasteiger partial charge in [-0.15, -0.1) is 0 Å². The standard InChI is InChI=1S/C12H16F2N2O2/c1-2-5-15-6-7-16-9-4-3-8(12(17)18)10(13)11(9)14/h3-4,15-16H,2,5-7H2,1H3,(H,17,18). The largest absolute Gasteiger partial charge is 0.478 e. The molecule has 0 unspecified atom stereocenters. The van der Waals surface area contributed by atoms with Crippen LogP contribution in [0.25, 0.3) is 0 Å². The minimum Gasteiger partial charge on any atom is -0.478 e. The highest BCUT2D eigenvalue weighted by atomic mass is 19.2. The van der Waals surface area contributed by atoms with Crippen molar-refractivity contribution in [2.24, 2.45) is 0 Å². The summed E-state index contributed by atoms with van der Waals surface area (Å²) in [5.41, 5.74) is -0.696. The van der Waals surface area contributed by atoms with Gasteiger partial charge in [0.25, 0.3) is 0 Å². The van der Waals surface area contributed by atoms with Gasteiger partial charge in [-0.1, -0.05) is 6.92 Å². The van der Waals surface area contributed by atoms with E-state index in [1.165, 1.54) is 6.07 Å². The molecule has 0 radical (unpaired) electrons. The molecule has 0 spiro atoms. The number of carboxylic acid groups (broad SMARTS) is 1. The van der Waals surface area contributed by atoms with Gasteiger partial charge in [0, 0.05) is 13.1 Å². The van der Waals surface area contributed by atoms with Crippen molar-refractivity contribution in [2.75, 3.05) is 25.0 Å². The number of hydrogen-bond acceptors (Lipinski definition) is 3. The Bertz CT molecular complexity index is 425. The summed E-state index contributed by atoms with van der Waals surface area (Å²) in [7, 11) is 0. The van der Waals surface area contributed by atoms with Crippen LogP contribution in [0.5, 0.6) is 0 Å². The van der Waals surface area contributed by atoms with Crippen LogP contribution >= 0.6 is 0 Å². The molecule has 0 aliphatic rings. The zero-order chi connectivity index (χ0) is 13.5. The lowest BCUT2D eigenvalue weighted by molar-refractivity contribution is 0.0690. The fourth-order valence-corrected chi connectivity index (χ4v) is 1.44. The van der Waals surface area contributed by atoms with Crippen molar-refractivity contribution >= 4 is 11.7 Å². The zero-order valence-corrected chi connectivity index (χ0v) is 10.1. The average molecular weight is 258 g/mol. The second-order valence-electron chi connectivity index (χ2n) is 3.77. The van der Waals surface area contributed by atoms with E-state index in [9.17, 15) is 13.6 Å². The molecule has 0 aliphatic carbocycles. The Balaban J connectivity index is 2.62. The number of carboxylic acids is 1. The van der Waals surface area contributed by atoms with E-state index in [0.29, 0.717) is 13.1 Å². The highest BCUT2D eigenvalue weighted by Crippen LogP contribution is 2.20. The molecule has 0 fully saturated rings. The van der Waals surface area contributed by atoms with Gasteiger partial charge in [0.2, 0.25) is 0 Å². The van der Waals surface area contributed by atoms with Crippen LogP contribution in [0, 0.1) is 11.6 Å². The van der Waals surface area contributed by atoms with Crippen molar-refractivity contribution < 1.29 is 18.7 Å². The zero-order valence-electron chi connectivity index (χ0n) is 10.1. The number of nitrogens with one attached hydrogen (secondary N) is 2. The molecule has 0 aliphatic heterocycles. The van der Waals surface area contributed by atoms with Gasteiger partial charge in [-0.2, -0.15) is 0 Å². The van der Waals surface area contributed by atoms with E-state index < -0.39 is 23.2 Å². The molecule has 6 heteroatoms. The van der Waals surface area contributed by atoms with E-state index in [4.69, 9.17) is 5.11 Å². The normalized spacial score (nSPS) is 10.4. The quantitative estimate of drug-likeness (QED) is 0.655. The van der Waals surface area contributed by atoms with Gasteiger partial charge in [-0.05, 0) is 25.1 Å². The van der Waals surface area contributed by atoms with Gasteiger partial charge in [-0.25, -0.2) is 13.6 Å². The Hall–Kier alpha value is -1.69. The van der Waals surface area contributed by atoms with Gasteiger partial charge < -0.3 is 15.7 Å². The van der Waals surface area contributed by atoms with E-state index >= 15 is 0 Å². The Kier molecular flexibility index (Phi) is 5.51. The first kappa shape index (κ1) is 14.4. The maximum Gasteiger partial charge on any atom is 0.338 e. The first-order chi connectivity index (χ1) is 8.57. The molecular formula is C12H16F2N2O2. The van der Waals surface area contributed by atoms with Crippen molar-refractivity contribution in [1.82, 2.24) is 5.32 Å². The highest BCUT2D eigenvalue weighted by molar-refractivity contribution is 5.88. The first-order valence-corrected chi connectivity index (χ1v) is 5.73. The molecule has 1 aromatic carbocycles. The third-order valence-electron chi connectivity index (χ3n) is 2.36. The van der Waals surface area contributed by atoms with Crippen molar-refractivity contribution in [1.29, 1.82) is 0 Å². The Labute approximate surface area is 104 Å². The molecule has 0 amide bonds. The second-order valence-corrected chi connectivity index (χ2v) is 3.77. The summed E-state index contributed by atoms with van der Waals surface area (Å²) in [5.74, 6) is -3.98. The summed E-state index contributed by atoms with van der Waals surface area (Å²) >= 11 is 0. The molecule has 0 aromatic heterocycles. The monoisotopic (exact) mass is 258 g/mol. The molecule has 0 atom stereocenters. The SMILES string of the molecule is CCCNCCNc1ccc(C(=O)O)c(F)c1F. The summed E-state index contributed by atoms with van der Waals surface area (Å²) in [4.78, 5) is 10.6. The lowest BCUT2D eigenvalue weighted by Gasteiger charge is -2.09. The van der Waals surface area contributed by atoms with Crippen molar-refractivity contribution in [2.45, 2.75) is 13.3 Å². The first-order valence-electron chi connectivity index (χ1n) is 5.73. The number of anilines is 1. The lowest BCUT2D eigenvalue weighted by Crippen LogP contribution is -2.23. The van der Waals surface area contributed by atoms with Gasteiger partial charge in [0.05, 0.1) is 11.3 Å². The molecule has 18 heavy (non-hydrogen) atoms. The predicted octanol–water partition coefficient (Wildman–Crippen LogP) is 2.07. The number of rotatable bonds is 7. The summed E-state index contributed by atoms with van der Waals surface area (Å²) < 4.78 is 26.8. The predicted molar refractivity (Wildman–Crippen MR) is 65.0 cm³/mol. The second kappa shape index (κ2) is 6.90. The van der Waals surface area contributed by atoms with Gasteiger partial charge in [0.15, 0.2) is 11.6 Å². The van der Waals surface area contributed by atoms with Crippen LogP contribution in [0.1, 0.15) is 23.7 Å². The topological polar surface area (TPSA) is 61.4 Å². The maximum atomic E-state index is 13.5. The highest BCUT2D eigenvalue weighted by Gasteiger charge is 2.17. The molecule has 1 rings (SSSR count). The number of halogens is 2. The van der Waals surface area contributed by atoms with Crippen LogP contribution < -0.4 is 10.6 Å². The maximum absolute atomic E-state index is 13.5. The Morgan fingerprint density at radius 2 is 1.94 bits per heavy atom. The van der Waals surface area contributed by atoms with E-state index in [0.717, 1.165) is 19.0 Å². The van der Waals surface area contributed by atoms with Crippen molar-refractivity contribution in [3.63, 3.8) is 0 Å². The fourth-order valence-electron chi connectivity index (χ4n) is 1.44. The molecule has 0 saturated heterocycles. The number of benzene rings is 1. The van der Waals surface area contributed by atoms with Crippen LogP contribution in [0.15, 0.2) is 12.1 Å². The van der Waals surface area contributed by atoms with Crippen LogP contribution in [0.3, 0.4) is 0 Å². The lowest BCUT2D eigenvalue weighted by atomic mass is 10.2. The summed E-state index contributed by atoms with van der Waals surface area (Å²) in [6, 6.07) is 2.27. The van der Waals surface area contributed by atoms with Crippen molar-refractivity contribution in [3.8, 4) is 0 Å². The molecule has 0 heterocycles. The Morgan fingerprint density at radius 3 is 2.56 bits per heavy atom. The molecule has 100 valence electrons. The molecule has 3 N–H and O–H groups in total. The number of aromatic carboxylic acids is 1. The van der Waals surface area contributed by atoms with Crippen LogP contribution in [-0.2, 0) is 0 Å². The van der Waals surface area contributed by atoms with Gasteiger partial charge >= 0.3 is 5.97 Å². The van der Waals surface area contributed by atoms with Crippen LogP contribution in [-0.4, -0.2) is 30.7 Å². The summed E-state index contributed by atoms with van der Waals surface area (Å²) in [6.45, 7) is 3.94. The van der Waals surface area contributed by atoms with E-state index in [1.54, 1.807) is 0 Å². The summed E-state index contributed by atoms with van der Waals surface area (Å²) in [5, 5.41) is 14.4. The van der Waals surface area contributed by atoms with Crippen LogP contribution in [0.2, 0.25) is 0 Å². The third-order valence-corrected chi connectivity index (χ3v) is 2.36.